The zero-order valence-corrected chi connectivity index (χ0v) is 21.1. The Morgan fingerprint density at radius 1 is 1.16 bits per heavy atom. The third kappa shape index (κ3) is 4.85. The minimum atomic E-state index is -4.96. The fourth-order valence-electron chi connectivity index (χ4n) is 5.29. The lowest BCUT2D eigenvalue weighted by Gasteiger charge is -2.33. The number of nitrogens with zero attached hydrogens (tertiary/aromatic N) is 5. The van der Waals surface area contributed by atoms with Gasteiger partial charge >= 0.3 is 11.9 Å². The maximum Gasteiger partial charge on any atom is 0.439 e. The topological polar surface area (TPSA) is 135 Å². The van der Waals surface area contributed by atoms with Crippen molar-refractivity contribution in [2.24, 2.45) is 17.8 Å². The van der Waals surface area contributed by atoms with Gasteiger partial charge in [-0.05, 0) is 57.3 Å². The van der Waals surface area contributed by atoms with Crippen LogP contribution >= 0.6 is 0 Å². The SMILES string of the molecule is CC1CCC(Cn2c(C(C)(O)C(F)(F)F)nc3nc(-c4noc(=O)[nH]4)nc(N[C@H](C)C4CCC4)c32)CC1. The van der Waals surface area contributed by atoms with E-state index in [-0.39, 0.29) is 41.6 Å². The first kappa shape index (κ1) is 25.7. The molecule has 2 atom stereocenters. The van der Waals surface area contributed by atoms with Gasteiger partial charge in [0.05, 0.1) is 0 Å². The second-order valence-corrected chi connectivity index (χ2v) is 10.9. The minimum Gasteiger partial charge on any atom is -0.374 e. The molecule has 3 aromatic rings. The summed E-state index contributed by atoms with van der Waals surface area (Å²) >= 11 is 0. The number of nitrogens with one attached hydrogen (secondary N) is 2. The Morgan fingerprint density at radius 2 is 1.86 bits per heavy atom. The average molecular weight is 524 g/mol. The Kier molecular flexibility index (Phi) is 6.53. The first-order chi connectivity index (χ1) is 17.4. The number of anilines is 1. The van der Waals surface area contributed by atoms with E-state index < -0.39 is 23.4 Å². The molecule has 2 saturated carbocycles. The molecule has 0 radical (unpaired) electrons. The molecular formula is C24H32F3N7O3. The zero-order valence-electron chi connectivity index (χ0n) is 21.1. The highest BCUT2D eigenvalue weighted by molar-refractivity contribution is 5.86. The van der Waals surface area contributed by atoms with E-state index >= 15 is 0 Å². The molecular weight excluding hydrogens is 491 g/mol. The van der Waals surface area contributed by atoms with Gasteiger partial charge in [-0.3, -0.25) is 9.51 Å². The summed E-state index contributed by atoms with van der Waals surface area (Å²) in [5.74, 6) is -0.0769. The van der Waals surface area contributed by atoms with Crippen LogP contribution in [-0.4, -0.2) is 47.0 Å². The van der Waals surface area contributed by atoms with Crippen LogP contribution in [0, 0.1) is 17.8 Å². The maximum atomic E-state index is 14.1. The fraction of sp³-hybridized carbons (Fsp3) is 0.708. The van der Waals surface area contributed by atoms with Gasteiger partial charge in [0, 0.05) is 12.6 Å². The van der Waals surface area contributed by atoms with Gasteiger partial charge in [-0.2, -0.15) is 13.2 Å². The van der Waals surface area contributed by atoms with Gasteiger partial charge < -0.3 is 15.0 Å². The molecule has 2 aliphatic rings. The predicted octanol–water partition coefficient (Wildman–Crippen LogP) is 4.37. The number of aromatic nitrogens is 6. The van der Waals surface area contributed by atoms with Crippen molar-refractivity contribution in [1.29, 1.82) is 0 Å². The summed E-state index contributed by atoms with van der Waals surface area (Å²) in [7, 11) is 0. The number of hydrogen-bond donors (Lipinski definition) is 3. The predicted molar refractivity (Wildman–Crippen MR) is 129 cm³/mol. The van der Waals surface area contributed by atoms with Gasteiger partial charge in [0.1, 0.15) is 5.52 Å². The molecule has 202 valence electrons. The minimum absolute atomic E-state index is 0.0125. The summed E-state index contributed by atoms with van der Waals surface area (Å²) in [6.45, 7) is 5.14. The van der Waals surface area contributed by atoms with E-state index in [9.17, 15) is 23.1 Å². The Labute approximate surface area is 211 Å². The molecule has 3 N–H and O–H groups in total. The molecule has 0 amide bonds. The summed E-state index contributed by atoms with van der Waals surface area (Å²) in [5.41, 5.74) is -2.95. The number of halogens is 3. The van der Waals surface area contributed by atoms with Crippen LogP contribution in [0.1, 0.15) is 71.5 Å². The summed E-state index contributed by atoms with van der Waals surface area (Å²) < 4.78 is 48.2. The summed E-state index contributed by atoms with van der Waals surface area (Å²) in [6, 6.07) is -0.0125. The molecule has 2 aliphatic carbocycles. The molecule has 1 unspecified atom stereocenters. The van der Waals surface area contributed by atoms with Crippen LogP contribution in [0.15, 0.2) is 9.32 Å². The van der Waals surface area contributed by atoms with Crippen molar-refractivity contribution in [2.75, 3.05) is 5.32 Å². The molecule has 0 aromatic carbocycles. The van der Waals surface area contributed by atoms with Crippen LogP contribution in [0.4, 0.5) is 19.0 Å². The number of rotatable bonds is 7. The molecule has 37 heavy (non-hydrogen) atoms. The molecule has 2 fully saturated rings. The Morgan fingerprint density at radius 3 is 2.43 bits per heavy atom. The third-order valence-electron chi connectivity index (χ3n) is 8.04. The van der Waals surface area contributed by atoms with Crippen molar-refractivity contribution in [2.45, 2.75) is 90.1 Å². The van der Waals surface area contributed by atoms with Gasteiger partial charge in [-0.25, -0.2) is 19.7 Å². The summed E-state index contributed by atoms with van der Waals surface area (Å²) in [5, 5.41) is 17.7. The highest BCUT2D eigenvalue weighted by atomic mass is 19.4. The van der Waals surface area contributed by atoms with Crippen molar-refractivity contribution >= 4 is 17.0 Å². The van der Waals surface area contributed by atoms with Crippen LogP contribution in [0.3, 0.4) is 0 Å². The van der Waals surface area contributed by atoms with Crippen molar-refractivity contribution in [3.8, 4) is 11.6 Å². The van der Waals surface area contributed by atoms with Gasteiger partial charge in [-0.1, -0.05) is 31.3 Å². The van der Waals surface area contributed by atoms with E-state index in [1.807, 2.05) is 6.92 Å². The van der Waals surface area contributed by atoms with E-state index in [0.717, 1.165) is 44.9 Å². The van der Waals surface area contributed by atoms with E-state index in [0.29, 0.717) is 24.3 Å². The number of hydrogen-bond acceptors (Lipinski definition) is 8. The monoisotopic (exact) mass is 523 g/mol. The van der Waals surface area contributed by atoms with Gasteiger partial charge in [0.25, 0.3) is 0 Å². The quantitative estimate of drug-likeness (QED) is 0.416. The molecule has 0 saturated heterocycles. The maximum absolute atomic E-state index is 14.1. The first-order valence-electron chi connectivity index (χ1n) is 12.8. The van der Waals surface area contributed by atoms with Crippen LogP contribution in [0.2, 0.25) is 0 Å². The molecule has 0 bridgehead atoms. The Hall–Kier alpha value is -2.96. The molecule has 3 heterocycles. The van der Waals surface area contributed by atoms with Gasteiger partial charge in [-0.15, -0.1) is 0 Å². The highest BCUT2D eigenvalue weighted by Gasteiger charge is 2.54. The zero-order chi connectivity index (χ0) is 26.5. The summed E-state index contributed by atoms with van der Waals surface area (Å²) in [4.78, 5) is 27.0. The fourth-order valence-corrected chi connectivity index (χ4v) is 5.29. The third-order valence-corrected chi connectivity index (χ3v) is 8.04. The lowest BCUT2D eigenvalue weighted by molar-refractivity contribution is -0.262. The Balaban J connectivity index is 1.69. The normalized spacial score (nSPS) is 23.5. The number of imidazole rings is 1. The van der Waals surface area contributed by atoms with Crippen LogP contribution in [-0.2, 0) is 12.1 Å². The second kappa shape index (κ2) is 9.41. The largest absolute Gasteiger partial charge is 0.439 e. The van der Waals surface area contributed by atoms with Crippen molar-refractivity contribution in [3.05, 3.63) is 16.4 Å². The number of fused-ring (bicyclic) bond motifs is 1. The van der Waals surface area contributed by atoms with Gasteiger partial charge in [0.15, 0.2) is 17.3 Å². The number of aromatic amines is 1. The van der Waals surface area contributed by atoms with E-state index in [1.165, 1.54) is 4.57 Å². The standard InChI is InChI=1S/C24H32F3N7O3/c1-12-7-9-14(10-8-12)11-34-16-17(28-13(2)15-5-4-6-15)29-19(20-32-22(35)37-33-20)30-18(16)31-21(34)23(3,36)24(25,26)27/h12-15,36H,4-11H2,1-3H3,(H,28,29,30)(H,32,33,35)/t12?,13-,14?,23?/m1/s1. The van der Waals surface area contributed by atoms with E-state index in [2.05, 4.69) is 41.9 Å². The van der Waals surface area contributed by atoms with Crippen molar-refractivity contribution in [3.63, 3.8) is 0 Å². The van der Waals surface area contributed by atoms with Crippen LogP contribution in [0.25, 0.3) is 22.8 Å². The molecule has 0 spiro atoms. The number of H-pyrrole nitrogens is 1. The molecule has 10 nitrogen and oxygen atoms in total. The van der Waals surface area contributed by atoms with Gasteiger partial charge in [0.2, 0.25) is 17.2 Å². The molecule has 5 rings (SSSR count). The molecule has 3 aromatic heterocycles. The lowest BCUT2D eigenvalue weighted by Crippen LogP contribution is -2.42. The lowest BCUT2D eigenvalue weighted by atomic mass is 9.80. The molecule has 0 aliphatic heterocycles. The van der Waals surface area contributed by atoms with Crippen LogP contribution in [0.5, 0.6) is 0 Å². The van der Waals surface area contributed by atoms with E-state index in [4.69, 9.17) is 0 Å². The van der Waals surface area contributed by atoms with Crippen molar-refractivity contribution in [1.82, 2.24) is 29.7 Å². The van der Waals surface area contributed by atoms with Crippen LogP contribution < -0.4 is 11.1 Å². The molecule has 13 heteroatoms. The number of alkyl halides is 3. The summed E-state index contributed by atoms with van der Waals surface area (Å²) in [6.07, 6.45) is 1.96. The second-order valence-electron chi connectivity index (χ2n) is 10.9. The van der Waals surface area contributed by atoms with Crippen molar-refractivity contribution < 1.29 is 22.8 Å². The average Bonchev–Trinajstić information content (AvgIpc) is 3.37. The smallest absolute Gasteiger partial charge is 0.374 e. The highest BCUT2D eigenvalue weighted by Crippen LogP contribution is 2.42. The Bertz CT molecular complexity index is 1320. The van der Waals surface area contributed by atoms with E-state index in [1.54, 1.807) is 0 Å². The number of aliphatic hydroxyl groups is 1. The first-order valence-corrected chi connectivity index (χ1v) is 12.8.